The van der Waals surface area contributed by atoms with E-state index >= 15 is 0 Å². The third-order valence-electron chi connectivity index (χ3n) is 1.92. The smallest absolute Gasteiger partial charge is 0.0558 e. The Bertz CT molecular complexity index is 92.7. The van der Waals surface area contributed by atoms with Gasteiger partial charge in [0.25, 0.3) is 0 Å². The van der Waals surface area contributed by atoms with Gasteiger partial charge in [-0.05, 0) is 7.05 Å². The zero-order valence-electron chi connectivity index (χ0n) is 9.00. The molecule has 1 heterocycles. The summed E-state index contributed by atoms with van der Waals surface area (Å²) in [6.07, 6.45) is 0. The van der Waals surface area contributed by atoms with Gasteiger partial charge in [-0.3, -0.25) is 0 Å². The van der Waals surface area contributed by atoms with Crippen molar-refractivity contribution in [2.45, 2.75) is 0 Å². The van der Waals surface area contributed by atoms with E-state index in [1.54, 1.807) is 0 Å². The van der Waals surface area contributed by atoms with Crippen LogP contribution in [0.15, 0.2) is 0 Å². The summed E-state index contributed by atoms with van der Waals surface area (Å²) in [6.45, 7) is 6.16. The number of likely N-dealkylation sites (N-methyl/N-ethyl adjacent to an activating group) is 1. The standard InChI is InChI=1S/C5H13NO2.C4H10N2/c1-6(2-4-7)3-5-8;1-2-6-4-3-5-1/h7-8H,2-5H2,1H3;5-6H,1-4H2. The highest BCUT2D eigenvalue weighted by Crippen LogP contribution is 1.76. The van der Waals surface area contributed by atoms with Gasteiger partial charge in [0, 0.05) is 39.3 Å². The number of hydrogen-bond donors (Lipinski definition) is 4. The van der Waals surface area contributed by atoms with E-state index in [1.807, 2.05) is 11.9 Å². The highest BCUT2D eigenvalue weighted by Gasteiger charge is 1.92. The van der Waals surface area contributed by atoms with Crippen molar-refractivity contribution in [1.29, 1.82) is 0 Å². The van der Waals surface area contributed by atoms with Crippen LogP contribution in [0, 0.1) is 0 Å². The van der Waals surface area contributed by atoms with E-state index < -0.39 is 0 Å². The van der Waals surface area contributed by atoms with Crippen molar-refractivity contribution in [3.63, 3.8) is 0 Å². The Morgan fingerprint density at radius 1 is 0.929 bits per heavy atom. The molecule has 1 aliphatic heterocycles. The molecule has 0 saturated carbocycles. The summed E-state index contributed by atoms with van der Waals surface area (Å²) < 4.78 is 0. The molecule has 86 valence electrons. The SMILES string of the molecule is C1CNCCN1.CN(CCO)CCO. The largest absolute Gasteiger partial charge is 0.395 e. The van der Waals surface area contributed by atoms with Crippen molar-refractivity contribution in [2.24, 2.45) is 0 Å². The lowest BCUT2D eigenvalue weighted by atomic mass is 10.4. The number of nitrogens with zero attached hydrogens (tertiary/aromatic N) is 1. The van der Waals surface area contributed by atoms with Crippen LogP contribution in [0.25, 0.3) is 0 Å². The van der Waals surface area contributed by atoms with Gasteiger partial charge in [-0.1, -0.05) is 0 Å². The van der Waals surface area contributed by atoms with E-state index in [0.29, 0.717) is 13.1 Å². The average Bonchev–Trinajstić information content (AvgIpc) is 2.22. The Labute approximate surface area is 86.1 Å². The summed E-state index contributed by atoms with van der Waals surface area (Å²) in [4.78, 5) is 1.86. The maximum Gasteiger partial charge on any atom is 0.0558 e. The summed E-state index contributed by atoms with van der Waals surface area (Å²) in [5.41, 5.74) is 0. The molecule has 0 radical (unpaired) electrons. The molecule has 5 heteroatoms. The number of aliphatic hydroxyl groups excluding tert-OH is 2. The van der Waals surface area contributed by atoms with E-state index in [4.69, 9.17) is 10.2 Å². The Morgan fingerprint density at radius 3 is 1.50 bits per heavy atom. The summed E-state index contributed by atoms with van der Waals surface area (Å²) in [5.74, 6) is 0. The van der Waals surface area contributed by atoms with Crippen LogP contribution in [0.1, 0.15) is 0 Å². The number of piperazine rings is 1. The molecule has 1 saturated heterocycles. The monoisotopic (exact) mass is 205 g/mol. The number of hydrogen-bond acceptors (Lipinski definition) is 5. The zero-order valence-corrected chi connectivity index (χ0v) is 9.00. The second kappa shape index (κ2) is 10.9. The molecule has 1 aliphatic rings. The fourth-order valence-corrected chi connectivity index (χ4v) is 1.06. The van der Waals surface area contributed by atoms with Crippen LogP contribution in [0.2, 0.25) is 0 Å². The molecule has 1 rings (SSSR count). The summed E-state index contributed by atoms with van der Waals surface area (Å²) in [7, 11) is 1.85. The van der Waals surface area contributed by atoms with Gasteiger partial charge >= 0.3 is 0 Å². The van der Waals surface area contributed by atoms with Gasteiger partial charge in [0.1, 0.15) is 0 Å². The fourth-order valence-electron chi connectivity index (χ4n) is 1.06. The first-order chi connectivity index (χ1) is 6.81. The van der Waals surface area contributed by atoms with Crippen LogP contribution in [0.5, 0.6) is 0 Å². The minimum Gasteiger partial charge on any atom is -0.395 e. The van der Waals surface area contributed by atoms with Gasteiger partial charge in [-0.2, -0.15) is 0 Å². The van der Waals surface area contributed by atoms with Gasteiger partial charge < -0.3 is 25.7 Å². The Kier molecular flexibility index (Phi) is 10.7. The number of rotatable bonds is 4. The predicted octanol–water partition coefficient (Wildman–Crippen LogP) is -1.92. The minimum atomic E-state index is 0.163. The molecule has 0 atom stereocenters. The molecular formula is C9H23N3O2. The van der Waals surface area contributed by atoms with E-state index in [1.165, 1.54) is 0 Å². The van der Waals surface area contributed by atoms with Crippen molar-refractivity contribution in [1.82, 2.24) is 15.5 Å². The molecule has 1 fully saturated rings. The molecule has 0 aromatic heterocycles. The second-order valence-electron chi connectivity index (χ2n) is 3.25. The predicted molar refractivity (Wildman–Crippen MR) is 57.4 cm³/mol. The van der Waals surface area contributed by atoms with Gasteiger partial charge in [-0.15, -0.1) is 0 Å². The highest BCUT2D eigenvalue weighted by atomic mass is 16.3. The average molecular weight is 205 g/mol. The van der Waals surface area contributed by atoms with E-state index in [0.717, 1.165) is 26.2 Å². The molecule has 0 aliphatic carbocycles. The van der Waals surface area contributed by atoms with Crippen LogP contribution in [0.4, 0.5) is 0 Å². The first-order valence-corrected chi connectivity index (χ1v) is 5.13. The lowest BCUT2D eigenvalue weighted by molar-refractivity contribution is 0.184. The Balaban J connectivity index is 0.000000249. The second-order valence-corrected chi connectivity index (χ2v) is 3.25. The number of aliphatic hydroxyl groups is 2. The molecule has 4 N–H and O–H groups in total. The quantitative estimate of drug-likeness (QED) is 0.431. The lowest BCUT2D eigenvalue weighted by Gasteiger charge is -2.11. The first kappa shape index (κ1) is 13.8. The number of nitrogens with one attached hydrogen (secondary N) is 2. The molecule has 0 aromatic carbocycles. The van der Waals surface area contributed by atoms with Gasteiger partial charge in [0.15, 0.2) is 0 Å². The van der Waals surface area contributed by atoms with Crippen LogP contribution in [-0.2, 0) is 0 Å². The first-order valence-electron chi connectivity index (χ1n) is 5.13. The van der Waals surface area contributed by atoms with Crippen molar-refractivity contribution in [3.05, 3.63) is 0 Å². The summed E-state index contributed by atoms with van der Waals surface area (Å²) in [5, 5.41) is 23.1. The van der Waals surface area contributed by atoms with Crippen LogP contribution < -0.4 is 10.6 Å². The van der Waals surface area contributed by atoms with Crippen LogP contribution in [-0.4, -0.2) is 74.6 Å². The molecule has 0 unspecified atom stereocenters. The van der Waals surface area contributed by atoms with E-state index in [9.17, 15) is 0 Å². The van der Waals surface area contributed by atoms with Crippen LogP contribution >= 0.6 is 0 Å². The summed E-state index contributed by atoms with van der Waals surface area (Å²) >= 11 is 0. The highest BCUT2D eigenvalue weighted by molar-refractivity contribution is 4.59. The van der Waals surface area contributed by atoms with Crippen molar-refractivity contribution in [3.8, 4) is 0 Å². The molecule has 0 amide bonds. The van der Waals surface area contributed by atoms with Gasteiger partial charge in [0.05, 0.1) is 13.2 Å². The Hall–Kier alpha value is -0.200. The fraction of sp³-hybridized carbons (Fsp3) is 1.00. The molecule has 14 heavy (non-hydrogen) atoms. The lowest BCUT2D eigenvalue weighted by Crippen LogP contribution is -2.39. The molecule has 5 nitrogen and oxygen atoms in total. The van der Waals surface area contributed by atoms with E-state index in [2.05, 4.69) is 10.6 Å². The zero-order chi connectivity index (χ0) is 10.6. The molecular weight excluding hydrogens is 182 g/mol. The van der Waals surface area contributed by atoms with Crippen LogP contribution in [0.3, 0.4) is 0 Å². The third kappa shape index (κ3) is 9.88. The van der Waals surface area contributed by atoms with Gasteiger partial charge in [0.2, 0.25) is 0 Å². The summed E-state index contributed by atoms with van der Waals surface area (Å²) in [6, 6.07) is 0. The maximum atomic E-state index is 8.34. The van der Waals surface area contributed by atoms with Crippen molar-refractivity contribution >= 4 is 0 Å². The third-order valence-corrected chi connectivity index (χ3v) is 1.92. The molecule has 0 spiro atoms. The minimum absolute atomic E-state index is 0.163. The Morgan fingerprint density at radius 2 is 1.29 bits per heavy atom. The topological polar surface area (TPSA) is 67.8 Å². The molecule has 0 aromatic rings. The maximum absolute atomic E-state index is 8.34. The van der Waals surface area contributed by atoms with Gasteiger partial charge in [-0.25, -0.2) is 0 Å². The normalized spacial score (nSPS) is 16.3. The van der Waals surface area contributed by atoms with E-state index in [-0.39, 0.29) is 13.2 Å². The van der Waals surface area contributed by atoms with Crippen molar-refractivity contribution in [2.75, 3.05) is 59.5 Å². The van der Waals surface area contributed by atoms with Crippen molar-refractivity contribution < 1.29 is 10.2 Å². The molecule has 0 bridgehead atoms.